The number of nitrogens with one attached hydrogen (secondary N) is 2. The second kappa shape index (κ2) is 15.3. The Morgan fingerprint density at radius 1 is 0.878 bits per heavy atom. The van der Waals surface area contributed by atoms with E-state index in [1.165, 1.54) is 0 Å². The molecule has 3 aromatic carbocycles. The average molecular weight is 580 g/mol. The summed E-state index contributed by atoms with van der Waals surface area (Å²) in [5.74, 6) is 0.622. The number of hydrogen-bond donors (Lipinski definition) is 2. The van der Waals surface area contributed by atoms with Crippen LogP contribution in [-0.4, -0.2) is 51.4 Å². The summed E-state index contributed by atoms with van der Waals surface area (Å²) in [6, 6.07) is 23.0. The highest BCUT2D eigenvalue weighted by atomic mass is 32.2. The topological polar surface area (TPSA) is 105 Å². The van der Waals surface area contributed by atoms with Crippen molar-refractivity contribution >= 4 is 21.8 Å². The zero-order valence-corrected chi connectivity index (χ0v) is 25.1. The van der Waals surface area contributed by atoms with Crippen LogP contribution in [0.15, 0.2) is 83.8 Å². The molecule has 0 fully saturated rings. The maximum absolute atomic E-state index is 13.8. The van der Waals surface area contributed by atoms with Crippen LogP contribution in [-0.2, 0) is 39.0 Å². The van der Waals surface area contributed by atoms with Crippen LogP contribution in [0.25, 0.3) is 0 Å². The zero-order chi connectivity index (χ0) is 29.8. The molecule has 3 rings (SSSR count). The molecule has 9 heteroatoms. The van der Waals surface area contributed by atoms with Crippen molar-refractivity contribution in [1.29, 1.82) is 0 Å². The molecule has 0 saturated heterocycles. The monoisotopic (exact) mass is 579 g/mol. The molecule has 220 valence electrons. The summed E-state index contributed by atoms with van der Waals surface area (Å²) in [4.78, 5) is 29.2. The van der Waals surface area contributed by atoms with Crippen LogP contribution in [0.1, 0.15) is 43.9 Å². The Hall–Kier alpha value is -3.69. The Kier molecular flexibility index (Phi) is 11.9. The lowest BCUT2D eigenvalue weighted by Gasteiger charge is -2.32. The van der Waals surface area contributed by atoms with Gasteiger partial charge in [0.1, 0.15) is 11.8 Å². The molecule has 0 bridgehead atoms. The summed E-state index contributed by atoms with van der Waals surface area (Å²) in [6.07, 6.45) is 0.951. The molecule has 41 heavy (non-hydrogen) atoms. The van der Waals surface area contributed by atoms with Gasteiger partial charge < -0.3 is 15.0 Å². The number of rotatable bonds is 15. The molecule has 2 amide bonds. The lowest BCUT2D eigenvalue weighted by molar-refractivity contribution is -0.141. The highest BCUT2D eigenvalue weighted by Crippen LogP contribution is 2.19. The third-order valence-corrected chi connectivity index (χ3v) is 8.22. The van der Waals surface area contributed by atoms with Gasteiger partial charge in [-0.05, 0) is 53.3 Å². The van der Waals surface area contributed by atoms with Crippen molar-refractivity contribution in [3.05, 3.63) is 95.6 Å². The summed E-state index contributed by atoms with van der Waals surface area (Å²) < 4.78 is 32.3. The fraction of sp³-hybridized carbons (Fsp3) is 0.375. The molecule has 2 N–H and O–H groups in total. The van der Waals surface area contributed by atoms with E-state index < -0.39 is 16.1 Å². The normalized spacial score (nSPS) is 12.1. The van der Waals surface area contributed by atoms with Gasteiger partial charge in [0.05, 0.1) is 12.0 Å². The van der Waals surface area contributed by atoms with Gasteiger partial charge >= 0.3 is 0 Å². The molecule has 1 unspecified atom stereocenters. The molecule has 0 aliphatic rings. The molecular formula is C32H41N3O5S. The van der Waals surface area contributed by atoms with E-state index in [0.717, 1.165) is 16.7 Å². The van der Waals surface area contributed by atoms with E-state index in [1.54, 1.807) is 43.2 Å². The van der Waals surface area contributed by atoms with Crippen molar-refractivity contribution in [3.8, 4) is 5.75 Å². The van der Waals surface area contributed by atoms with Gasteiger partial charge in [-0.25, -0.2) is 13.1 Å². The molecular weight excluding hydrogens is 538 g/mol. The lowest BCUT2D eigenvalue weighted by atomic mass is 10.0. The molecule has 0 saturated carbocycles. The van der Waals surface area contributed by atoms with E-state index in [9.17, 15) is 18.0 Å². The largest absolute Gasteiger partial charge is 0.497 e. The van der Waals surface area contributed by atoms with Gasteiger partial charge in [0, 0.05) is 32.5 Å². The number of sulfonamides is 1. The fourth-order valence-electron chi connectivity index (χ4n) is 4.41. The second-order valence-electron chi connectivity index (χ2n) is 10.4. The molecule has 0 aliphatic carbocycles. The minimum absolute atomic E-state index is 0.161. The minimum atomic E-state index is -3.55. The number of ether oxygens (including phenoxy) is 1. The number of carbonyl (C=O) groups excluding carboxylic acids is 2. The Morgan fingerprint density at radius 2 is 1.51 bits per heavy atom. The first-order chi connectivity index (χ1) is 19.6. The van der Waals surface area contributed by atoms with Crippen molar-refractivity contribution in [2.24, 2.45) is 5.92 Å². The standard InChI is InChI=1S/C32H41N3O5S/c1-5-34-41(38,39)29-18-13-25(14-19-29)15-20-31(36)35(23-27-11-16-28(40-4)17-12-27)30(32(37)33-22-24(2)3)21-26-9-7-6-8-10-26/h6-14,16-19,24,30,34H,5,15,20-23H2,1-4H3,(H,33,37). The van der Waals surface area contributed by atoms with Gasteiger partial charge in [-0.15, -0.1) is 0 Å². The Balaban J connectivity index is 1.87. The summed E-state index contributed by atoms with van der Waals surface area (Å²) in [5, 5.41) is 3.03. The van der Waals surface area contributed by atoms with E-state index in [2.05, 4.69) is 10.0 Å². The maximum Gasteiger partial charge on any atom is 0.243 e. The minimum Gasteiger partial charge on any atom is -0.497 e. The third-order valence-electron chi connectivity index (χ3n) is 6.66. The van der Waals surface area contributed by atoms with Crippen molar-refractivity contribution in [1.82, 2.24) is 14.9 Å². The van der Waals surface area contributed by atoms with Gasteiger partial charge in [-0.3, -0.25) is 9.59 Å². The van der Waals surface area contributed by atoms with Crippen LogP contribution in [0.3, 0.4) is 0 Å². The van der Waals surface area contributed by atoms with Crippen LogP contribution in [0.4, 0.5) is 0 Å². The number of carbonyl (C=O) groups is 2. The smallest absolute Gasteiger partial charge is 0.243 e. The number of amides is 2. The van der Waals surface area contributed by atoms with Crippen LogP contribution in [0.2, 0.25) is 0 Å². The number of hydrogen-bond acceptors (Lipinski definition) is 5. The molecule has 8 nitrogen and oxygen atoms in total. The first kappa shape index (κ1) is 31.8. The first-order valence-electron chi connectivity index (χ1n) is 14.0. The van der Waals surface area contributed by atoms with E-state index in [4.69, 9.17) is 4.74 Å². The first-order valence-corrected chi connectivity index (χ1v) is 15.4. The number of aryl methyl sites for hydroxylation is 1. The van der Waals surface area contributed by atoms with Crippen LogP contribution >= 0.6 is 0 Å². The predicted octanol–water partition coefficient (Wildman–Crippen LogP) is 4.34. The molecule has 0 spiro atoms. The fourth-order valence-corrected chi connectivity index (χ4v) is 5.45. The van der Waals surface area contributed by atoms with Crippen LogP contribution in [0.5, 0.6) is 5.75 Å². The average Bonchev–Trinajstić information content (AvgIpc) is 2.97. The molecule has 0 aliphatic heterocycles. The highest BCUT2D eigenvalue weighted by molar-refractivity contribution is 7.89. The number of nitrogens with zero attached hydrogens (tertiary/aromatic N) is 1. The van der Waals surface area contributed by atoms with Gasteiger partial charge in [0.2, 0.25) is 21.8 Å². The molecule has 0 heterocycles. The summed E-state index contributed by atoms with van der Waals surface area (Å²) in [7, 11) is -1.95. The Labute approximate surface area is 244 Å². The summed E-state index contributed by atoms with van der Waals surface area (Å²) >= 11 is 0. The van der Waals surface area contributed by atoms with Crippen molar-refractivity contribution in [2.45, 2.75) is 57.5 Å². The molecule has 3 aromatic rings. The van der Waals surface area contributed by atoms with Crippen LogP contribution < -0.4 is 14.8 Å². The van der Waals surface area contributed by atoms with E-state index in [-0.39, 0.29) is 35.6 Å². The Bertz CT molecular complexity index is 1360. The van der Waals surface area contributed by atoms with Crippen molar-refractivity contribution in [3.63, 3.8) is 0 Å². The third kappa shape index (κ3) is 9.72. The Morgan fingerprint density at radius 3 is 2.10 bits per heavy atom. The predicted molar refractivity (Wildman–Crippen MR) is 161 cm³/mol. The number of methoxy groups -OCH3 is 1. The van der Waals surface area contributed by atoms with Gasteiger partial charge in [-0.1, -0.05) is 75.4 Å². The lowest BCUT2D eigenvalue weighted by Crippen LogP contribution is -2.51. The van der Waals surface area contributed by atoms with Crippen LogP contribution in [0, 0.1) is 5.92 Å². The molecule has 1 atom stereocenters. The van der Waals surface area contributed by atoms with Gasteiger partial charge in [0.25, 0.3) is 0 Å². The maximum atomic E-state index is 13.8. The summed E-state index contributed by atoms with van der Waals surface area (Å²) in [5.41, 5.74) is 2.68. The quantitative estimate of drug-likeness (QED) is 0.279. The number of benzene rings is 3. The SMILES string of the molecule is CCNS(=O)(=O)c1ccc(CCC(=O)N(Cc2ccc(OC)cc2)C(Cc2ccccc2)C(=O)NCC(C)C)cc1. The molecule has 0 radical (unpaired) electrons. The molecule has 0 aromatic heterocycles. The van der Waals surface area contributed by atoms with Crippen molar-refractivity contribution < 1.29 is 22.7 Å². The van der Waals surface area contributed by atoms with E-state index >= 15 is 0 Å². The summed E-state index contributed by atoms with van der Waals surface area (Å²) in [6.45, 7) is 6.86. The zero-order valence-electron chi connectivity index (χ0n) is 24.3. The van der Waals surface area contributed by atoms with E-state index in [1.807, 2.05) is 68.4 Å². The second-order valence-corrected chi connectivity index (χ2v) is 12.1. The van der Waals surface area contributed by atoms with E-state index in [0.29, 0.717) is 31.7 Å². The van der Waals surface area contributed by atoms with Gasteiger partial charge in [-0.2, -0.15) is 0 Å². The van der Waals surface area contributed by atoms with Crippen molar-refractivity contribution in [2.75, 3.05) is 20.2 Å². The van der Waals surface area contributed by atoms with Gasteiger partial charge in [0.15, 0.2) is 0 Å². The highest BCUT2D eigenvalue weighted by Gasteiger charge is 2.30.